The molecule has 0 spiro atoms. The Morgan fingerprint density at radius 1 is 1.12 bits per heavy atom. The van der Waals surface area contributed by atoms with E-state index in [0.29, 0.717) is 45.9 Å². The first-order valence-corrected chi connectivity index (χ1v) is 11.9. The van der Waals surface area contributed by atoms with Crippen LogP contribution in [0.1, 0.15) is 39.3 Å². The maximum Gasteiger partial charge on any atom is 0.255 e. The number of aromatic amines is 1. The SMILES string of the molecule is COc1cccc(Cc2nc3c(c(=O)[nH]2)CN(S(=O)(=O)c2c(C)cc(C)cc2C)CC3)c1. The van der Waals surface area contributed by atoms with Crippen LogP contribution in [0.3, 0.4) is 0 Å². The number of ether oxygens (including phenoxy) is 1. The van der Waals surface area contributed by atoms with E-state index in [1.54, 1.807) is 7.11 Å². The van der Waals surface area contributed by atoms with Crippen molar-refractivity contribution in [3.8, 4) is 5.75 Å². The summed E-state index contributed by atoms with van der Waals surface area (Å²) in [6, 6.07) is 11.3. The van der Waals surface area contributed by atoms with Gasteiger partial charge in [-0.25, -0.2) is 13.4 Å². The molecule has 168 valence electrons. The standard InChI is InChI=1S/C24H27N3O4S/c1-15-10-16(2)23(17(3)11-15)32(29,30)27-9-8-21-20(14-27)24(28)26-22(25-21)13-18-6-5-7-19(12-18)31-4/h5-7,10-12H,8-9,13-14H2,1-4H3,(H,25,26,28). The summed E-state index contributed by atoms with van der Waals surface area (Å²) in [6.07, 6.45) is 0.858. The molecule has 1 aliphatic rings. The van der Waals surface area contributed by atoms with Gasteiger partial charge in [0.2, 0.25) is 10.0 Å². The lowest BCUT2D eigenvalue weighted by atomic mass is 10.1. The molecule has 0 fully saturated rings. The number of H-pyrrole nitrogens is 1. The Kier molecular flexibility index (Phi) is 5.92. The van der Waals surface area contributed by atoms with Gasteiger partial charge in [-0.1, -0.05) is 29.8 Å². The number of rotatable bonds is 5. The summed E-state index contributed by atoms with van der Waals surface area (Å²) in [4.78, 5) is 20.6. The van der Waals surface area contributed by atoms with Crippen LogP contribution in [0.15, 0.2) is 46.1 Å². The van der Waals surface area contributed by atoms with Gasteiger partial charge in [0.15, 0.2) is 0 Å². The summed E-state index contributed by atoms with van der Waals surface area (Å²) in [5.41, 5.74) is 4.21. The lowest BCUT2D eigenvalue weighted by molar-refractivity contribution is 0.384. The van der Waals surface area contributed by atoms with Gasteiger partial charge in [-0.3, -0.25) is 4.79 Å². The molecule has 2 heterocycles. The highest BCUT2D eigenvalue weighted by molar-refractivity contribution is 7.89. The molecule has 0 atom stereocenters. The maximum absolute atomic E-state index is 13.4. The van der Waals surface area contributed by atoms with E-state index in [4.69, 9.17) is 4.74 Å². The third kappa shape index (κ3) is 4.20. The van der Waals surface area contributed by atoms with Crippen molar-refractivity contribution in [2.75, 3.05) is 13.7 Å². The molecular weight excluding hydrogens is 426 g/mol. The Balaban J connectivity index is 1.63. The fourth-order valence-electron chi connectivity index (χ4n) is 4.42. The van der Waals surface area contributed by atoms with Gasteiger partial charge in [0.25, 0.3) is 5.56 Å². The molecule has 0 saturated heterocycles. The monoisotopic (exact) mass is 453 g/mol. The Hall–Kier alpha value is -2.97. The van der Waals surface area contributed by atoms with Crippen molar-refractivity contribution in [1.29, 1.82) is 0 Å². The maximum atomic E-state index is 13.4. The second-order valence-electron chi connectivity index (χ2n) is 8.28. The van der Waals surface area contributed by atoms with Crippen LogP contribution in [-0.4, -0.2) is 36.3 Å². The van der Waals surface area contributed by atoms with Gasteiger partial charge in [0, 0.05) is 25.9 Å². The lowest BCUT2D eigenvalue weighted by Gasteiger charge is -2.28. The van der Waals surface area contributed by atoms with Crippen molar-refractivity contribution < 1.29 is 13.2 Å². The van der Waals surface area contributed by atoms with Crippen LogP contribution in [0.4, 0.5) is 0 Å². The van der Waals surface area contributed by atoms with Crippen molar-refractivity contribution in [3.63, 3.8) is 0 Å². The summed E-state index contributed by atoms with van der Waals surface area (Å²) in [5.74, 6) is 1.30. The number of nitrogens with zero attached hydrogens (tertiary/aromatic N) is 2. The summed E-state index contributed by atoms with van der Waals surface area (Å²) in [5, 5.41) is 0. The first kappa shape index (κ1) is 22.2. The predicted octanol–water partition coefficient (Wildman–Crippen LogP) is 3.04. The molecule has 0 saturated carbocycles. The Morgan fingerprint density at radius 2 is 1.84 bits per heavy atom. The molecule has 0 unspecified atom stereocenters. The summed E-state index contributed by atoms with van der Waals surface area (Å²) in [7, 11) is -2.12. The van der Waals surface area contributed by atoms with Gasteiger partial charge in [0.05, 0.1) is 23.3 Å². The zero-order valence-electron chi connectivity index (χ0n) is 18.7. The molecule has 3 aromatic rings. The number of methoxy groups -OCH3 is 1. The molecule has 32 heavy (non-hydrogen) atoms. The fourth-order valence-corrected chi connectivity index (χ4v) is 6.24. The highest BCUT2D eigenvalue weighted by Crippen LogP contribution is 2.28. The van der Waals surface area contributed by atoms with Gasteiger partial charge in [-0.15, -0.1) is 0 Å². The van der Waals surface area contributed by atoms with E-state index in [-0.39, 0.29) is 18.6 Å². The van der Waals surface area contributed by atoms with E-state index in [2.05, 4.69) is 9.97 Å². The number of nitrogens with one attached hydrogen (secondary N) is 1. The van der Waals surface area contributed by atoms with Crippen LogP contribution in [0.2, 0.25) is 0 Å². The van der Waals surface area contributed by atoms with E-state index >= 15 is 0 Å². The predicted molar refractivity (Wildman–Crippen MR) is 123 cm³/mol. The van der Waals surface area contributed by atoms with Crippen LogP contribution < -0.4 is 10.3 Å². The number of aryl methyl sites for hydroxylation is 3. The molecule has 0 aliphatic carbocycles. The molecule has 1 aromatic heterocycles. The number of aromatic nitrogens is 2. The van der Waals surface area contributed by atoms with E-state index in [1.807, 2.05) is 57.2 Å². The second-order valence-corrected chi connectivity index (χ2v) is 10.2. The van der Waals surface area contributed by atoms with Gasteiger partial charge >= 0.3 is 0 Å². The Morgan fingerprint density at radius 3 is 2.53 bits per heavy atom. The number of fused-ring (bicyclic) bond motifs is 1. The number of hydrogen-bond donors (Lipinski definition) is 1. The van der Waals surface area contributed by atoms with Crippen LogP contribution in [-0.2, 0) is 29.4 Å². The average Bonchev–Trinajstić information content (AvgIpc) is 2.72. The van der Waals surface area contributed by atoms with Crippen LogP contribution in [0.5, 0.6) is 5.75 Å². The van der Waals surface area contributed by atoms with Crippen molar-refractivity contribution >= 4 is 10.0 Å². The number of hydrogen-bond acceptors (Lipinski definition) is 5. The molecular formula is C24H27N3O4S. The van der Waals surface area contributed by atoms with Crippen LogP contribution >= 0.6 is 0 Å². The summed E-state index contributed by atoms with van der Waals surface area (Å²) < 4.78 is 33.5. The lowest BCUT2D eigenvalue weighted by Crippen LogP contribution is -2.40. The molecule has 8 heteroatoms. The van der Waals surface area contributed by atoms with E-state index in [0.717, 1.165) is 16.9 Å². The zero-order chi connectivity index (χ0) is 23.0. The number of sulfonamides is 1. The minimum absolute atomic E-state index is 0.0200. The molecule has 7 nitrogen and oxygen atoms in total. The summed E-state index contributed by atoms with van der Waals surface area (Å²) in [6.45, 7) is 5.87. The molecule has 4 rings (SSSR count). The molecule has 0 radical (unpaired) electrons. The zero-order valence-corrected chi connectivity index (χ0v) is 19.5. The fraction of sp³-hybridized carbons (Fsp3) is 0.333. The summed E-state index contributed by atoms with van der Waals surface area (Å²) >= 11 is 0. The largest absolute Gasteiger partial charge is 0.497 e. The molecule has 1 N–H and O–H groups in total. The van der Waals surface area contributed by atoms with E-state index in [1.165, 1.54) is 4.31 Å². The Bertz CT molecular complexity index is 1320. The van der Waals surface area contributed by atoms with E-state index in [9.17, 15) is 13.2 Å². The van der Waals surface area contributed by atoms with Crippen molar-refractivity contribution in [2.24, 2.45) is 0 Å². The minimum atomic E-state index is -3.73. The van der Waals surface area contributed by atoms with Gasteiger partial charge < -0.3 is 9.72 Å². The third-order valence-electron chi connectivity index (χ3n) is 5.79. The minimum Gasteiger partial charge on any atom is -0.497 e. The van der Waals surface area contributed by atoms with Crippen LogP contribution in [0, 0.1) is 20.8 Å². The average molecular weight is 454 g/mol. The molecule has 2 aromatic carbocycles. The second kappa shape index (κ2) is 8.52. The van der Waals surface area contributed by atoms with Crippen molar-refractivity contribution in [3.05, 3.63) is 86.1 Å². The van der Waals surface area contributed by atoms with Crippen molar-refractivity contribution in [1.82, 2.24) is 14.3 Å². The highest BCUT2D eigenvalue weighted by atomic mass is 32.2. The van der Waals surface area contributed by atoms with Gasteiger partial charge in [-0.05, 0) is 49.6 Å². The molecule has 1 aliphatic heterocycles. The van der Waals surface area contributed by atoms with Gasteiger partial charge in [0.1, 0.15) is 11.6 Å². The van der Waals surface area contributed by atoms with Crippen LogP contribution in [0.25, 0.3) is 0 Å². The quantitative estimate of drug-likeness (QED) is 0.641. The van der Waals surface area contributed by atoms with Crippen molar-refractivity contribution in [2.45, 2.75) is 45.1 Å². The first-order valence-electron chi connectivity index (χ1n) is 10.5. The highest BCUT2D eigenvalue weighted by Gasteiger charge is 2.32. The Labute approximate surface area is 188 Å². The number of benzene rings is 2. The first-order chi connectivity index (χ1) is 15.2. The smallest absolute Gasteiger partial charge is 0.255 e. The molecule has 0 amide bonds. The normalized spacial score (nSPS) is 14.2. The molecule has 0 bridgehead atoms. The van der Waals surface area contributed by atoms with E-state index < -0.39 is 10.0 Å². The topological polar surface area (TPSA) is 92.4 Å². The third-order valence-corrected chi connectivity index (χ3v) is 7.94. The van der Waals surface area contributed by atoms with Gasteiger partial charge in [-0.2, -0.15) is 4.31 Å².